The van der Waals surface area contributed by atoms with E-state index in [9.17, 15) is 4.39 Å². The van der Waals surface area contributed by atoms with Crippen LogP contribution in [0.4, 0.5) is 4.39 Å². The maximum absolute atomic E-state index is 13.1. The maximum atomic E-state index is 13.1. The quantitative estimate of drug-likeness (QED) is 0.325. The molecular formula is C25H37F. The molecule has 1 atom stereocenters. The fourth-order valence-corrected chi connectivity index (χ4v) is 5.03. The number of unbranched alkanes of at least 4 members (excludes halogenated alkanes) is 2. The van der Waals surface area contributed by atoms with Gasteiger partial charge in [-0.15, -0.1) is 0 Å². The highest BCUT2D eigenvalue weighted by atomic mass is 19.1. The van der Waals surface area contributed by atoms with E-state index in [1.165, 1.54) is 82.6 Å². The van der Waals surface area contributed by atoms with Gasteiger partial charge in [0.1, 0.15) is 5.82 Å². The van der Waals surface area contributed by atoms with Crippen molar-refractivity contribution in [3.63, 3.8) is 0 Å². The predicted octanol–water partition coefficient (Wildman–Crippen LogP) is 8.19. The zero-order valence-electron chi connectivity index (χ0n) is 16.7. The van der Waals surface area contributed by atoms with Crippen molar-refractivity contribution in [3.05, 3.63) is 47.3 Å². The molecular weight excluding hydrogens is 319 g/mol. The summed E-state index contributed by atoms with van der Waals surface area (Å²) in [5.74, 6) is 2.48. The second-order valence-electron chi connectivity index (χ2n) is 8.81. The number of halogens is 1. The van der Waals surface area contributed by atoms with E-state index in [2.05, 4.69) is 13.0 Å². The molecule has 0 heterocycles. The standard InChI is InChI=1S/C25H37F/c1-2-3-4-5-20-6-8-21(9-7-20)10-11-22-12-14-23(15-13-22)24-16-18-25(26)19-17-24/h12,16-21,23H,2-11,13-15H2,1H3. The Morgan fingerprint density at radius 1 is 0.885 bits per heavy atom. The summed E-state index contributed by atoms with van der Waals surface area (Å²) in [6.45, 7) is 2.30. The molecule has 1 fully saturated rings. The van der Waals surface area contributed by atoms with Crippen LogP contribution in [0.25, 0.3) is 0 Å². The second-order valence-corrected chi connectivity index (χ2v) is 8.81. The number of rotatable bonds is 8. The average molecular weight is 357 g/mol. The lowest BCUT2D eigenvalue weighted by Crippen LogP contribution is -2.15. The van der Waals surface area contributed by atoms with Crippen LogP contribution in [0.3, 0.4) is 0 Å². The third-order valence-electron chi connectivity index (χ3n) is 6.90. The highest BCUT2D eigenvalue weighted by molar-refractivity contribution is 5.24. The first-order chi connectivity index (χ1) is 12.7. The van der Waals surface area contributed by atoms with Gasteiger partial charge in [-0.25, -0.2) is 4.39 Å². The van der Waals surface area contributed by atoms with Crippen LogP contribution in [0.5, 0.6) is 0 Å². The minimum absolute atomic E-state index is 0.124. The van der Waals surface area contributed by atoms with Crippen molar-refractivity contribution in [2.24, 2.45) is 11.8 Å². The topological polar surface area (TPSA) is 0 Å². The Bertz CT molecular complexity index is 548. The number of benzene rings is 1. The summed E-state index contributed by atoms with van der Waals surface area (Å²) in [4.78, 5) is 0. The Morgan fingerprint density at radius 3 is 2.19 bits per heavy atom. The number of hydrogen-bond donors (Lipinski definition) is 0. The van der Waals surface area contributed by atoms with Crippen molar-refractivity contribution in [1.82, 2.24) is 0 Å². The van der Waals surface area contributed by atoms with Crippen LogP contribution in [0, 0.1) is 17.7 Å². The van der Waals surface area contributed by atoms with Crippen molar-refractivity contribution >= 4 is 0 Å². The normalized spacial score (nSPS) is 26.5. The van der Waals surface area contributed by atoms with Crippen molar-refractivity contribution in [2.45, 2.75) is 96.3 Å². The van der Waals surface area contributed by atoms with Gasteiger partial charge in [-0.3, -0.25) is 0 Å². The smallest absolute Gasteiger partial charge is 0.123 e. The minimum Gasteiger partial charge on any atom is -0.207 e. The Hall–Kier alpha value is -1.11. The highest BCUT2D eigenvalue weighted by Crippen LogP contribution is 2.37. The summed E-state index contributed by atoms with van der Waals surface area (Å²) in [6.07, 6.45) is 20.5. The van der Waals surface area contributed by atoms with Gasteiger partial charge in [-0.2, -0.15) is 0 Å². The molecule has 0 saturated heterocycles. The first kappa shape index (κ1) is 19.6. The molecule has 0 aliphatic heterocycles. The van der Waals surface area contributed by atoms with Gasteiger partial charge in [0.2, 0.25) is 0 Å². The van der Waals surface area contributed by atoms with Gasteiger partial charge in [0.15, 0.2) is 0 Å². The van der Waals surface area contributed by atoms with Gasteiger partial charge in [0.25, 0.3) is 0 Å². The fourth-order valence-electron chi connectivity index (χ4n) is 5.03. The SMILES string of the molecule is CCCCCC1CCC(CCC2=CCC(c3ccc(F)cc3)CC2)CC1. The molecule has 1 saturated carbocycles. The first-order valence-corrected chi connectivity index (χ1v) is 11.2. The highest BCUT2D eigenvalue weighted by Gasteiger charge is 2.22. The summed E-state index contributed by atoms with van der Waals surface area (Å²) < 4.78 is 13.1. The maximum Gasteiger partial charge on any atom is 0.123 e. The van der Waals surface area contributed by atoms with Gasteiger partial charge >= 0.3 is 0 Å². The van der Waals surface area contributed by atoms with Crippen LogP contribution < -0.4 is 0 Å². The molecule has 0 radical (unpaired) electrons. The second kappa shape index (κ2) is 10.3. The fraction of sp³-hybridized carbons (Fsp3) is 0.680. The largest absolute Gasteiger partial charge is 0.207 e. The van der Waals surface area contributed by atoms with E-state index in [1.807, 2.05) is 12.1 Å². The van der Waals surface area contributed by atoms with Crippen LogP contribution in [0.15, 0.2) is 35.9 Å². The van der Waals surface area contributed by atoms with Crippen LogP contribution in [0.1, 0.15) is 102 Å². The number of allylic oxidation sites excluding steroid dienone is 2. The Kier molecular flexibility index (Phi) is 7.77. The number of hydrogen-bond acceptors (Lipinski definition) is 0. The molecule has 0 spiro atoms. The molecule has 1 unspecified atom stereocenters. The van der Waals surface area contributed by atoms with E-state index in [-0.39, 0.29) is 5.82 Å². The lowest BCUT2D eigenvalue weighted by atomic mass is 9.76. The monoisotopic (exact) mass is 356 g/mol. The predicted molar refractivity (Wildman–Crippen MR) is 110 cm³/mol. The van der Waals surface area contributed by atoms with Gasteiger partial charge < -0.3 is 0 Å². The molecule has 1 aromatic rings. The Balaban J connectivity index is 1.35. The van der Waals surface area contributed by atoms with Crippen molar-refractivity contribution in [2.75, 3.05) is 0 Å². The molecule has 1 heteroatoms. The summed E-state index contributed by atoms with van der Waals surface area (Å²) in [7, 11) is 0. The van der Waals surface area contributed by atoms with Gasteiger partial charge in [-0.1, -0.05) is 82.1 Å². The third-order valence-corrected chi connectivity index (χ3v) is 6.90. The summed E-state index contributed by atoms with van der Waals surface area (Å²) in [6, 6.07) is 7.15. The van der Waals surface area contributed by atoms with Crippen LogP contribution in [0.2, 0.25) is 0 Å². The van der Waals surface area contributed by atoms with Gasteiger partial charge in [0, 0.05) is 0 Å². The molecule has 2 aliphatic carbocycles. The van der Waals surface area contributed by atoms with E-state index in [0.29, 0.717) is 5.92 Å². The van der Waals surface area contributed by atoms with E-state index in [0.717, 1.165) is 18.3 Å². The van der Waals surface area contributed by atoms with E-state index >= 15 is 0 Å². The van der Waals surface area contributed by atoms with Gasteiger partial charge in [-0.05, 0) is 67.6 Å². The van der Waals surface area contributed by atoms with Crippen molar-refractivity contribution < 1.29 is 4.39 Å². The molecule has 0 amide bonds. The molecule has 0 bridgehead atoms. The van der Waals surface area contributed by atoms with E-state index < -0.39 is 0 Å². The molecule has 2 aliphatic rings. The molecule has 3 rings (SSSR count). The van der Waals surface area contributed by atoms with E-state index in [4.69, 9.17) is 0 Å². The first-order valence-electron chi connectivity index (χ1n) is 11.2. The lowest BCUT2D eigenvalue weighted by molar-refractivity contribution is 0.248. The molecule has 144 valence electrons. The molecule has 0 N–H and O–H groups in total. The van der Waals surface area contributed by atoms with Crippen molar-refractivity contribution in [3.8, 4) is 0 Å². The zero-order chi connectivity index (χ0) is 18.2. The summed E-state index contributed by atoms with van der Waals surface area (Å²) in [5, 5.41) is 0. The molecule has 0 nitrogen and oxygen atoms in total. The molecule has 26 heavy (non-hydrogen) atoms. The van der Waals surface area contributed by atoms with Crippen molar-refractivity contribution in [1.29, 1.82) is 0 Å². The summed E-state index contributed by atoms with van der Waals surface area (Å²) >= 11 is 0. The molecule has 0 aromatic heterocycles. The third kappa shape index (κ3) is 5.96. The van der Waals surface area contributed by atoms with E-state index in [1.54, 1.807) is 17.7 Å². The Morgan fingerprint density at radius 2 is 1.58 bits per heavy atom. The average Bonchev–Trinajstić information content (AvgIpc) is 2.69. The minimum atomic E-state index is -0.124. The van der Waals surface area contributed by atoms with Gasteiger partial charge in [0.05, 0.1) is 0 Å². The summed E-state index contributed by atoms with van der Waals surface area (Å²) in [5.41, 5.74) is 3.00. The zero-order valence-corrected chi connectivity index (χ0v) is 16.7. The van der Waals surface area contributed by atoms with Crippen LogP contribution in [-0.2, 0) is 0 Å². The lowest BCUT2D eigenvalue weighted by Gasteiger charge is -2.29. The molecule has 1 aromatic carbocycles. The Labute approximate surface area is 160 Å². The van der Waals surface area contributed by atoms with Crippen LogP contribution in [-0.4, -0.2) is 0 Å². The van der Waals surface area contributed by atoms with Crippen LogP contribution >= 0.6 is 0 Å².